The molecule has 0 N–H and O–H groups in total. The molecule has 0 radical (unpaired) electrons. The molecule has 0 aliphatic carbocycles. The average molecular weight is 595 g/mol. The summed E-state index contributed by atoms with van der Waals surface area (Å²) >= 11 is 6.03. The number of hydrogen-bond acceptors (Lipinski definition) is 6. The van der Waals surface area contributed by atoms with E-state index in [1.54, 1.807) is 13.0 Å². The fourth-order valence-corrected chi connectivity index (χ4v) is 6.46. The number of fused-ring (bicyclic) bond motifs is 1. The molecule has 0 aromatic heterocycles. The zero-order chi connectivity index (χ0) is 29.3. The van der Waals surface area contributed by atoms with Gasteiger partial charge in [-0.1, -0.05) is 30.7 Å². The minimum absolute atomic E-state index is 0.0243. The summed E-state index contributed by atoms with van der Waals surface area (Å²) in [5.74, 6) is 0.264. The Morgan fingerprint density at radius 1 is 1.15 bits per heavy atom. The largest absolute Gasteiger partial charge is 0.471 e. The summed E-state index contributed by atoms with van der Waals surface area (Å²) in [5, 5.41) is -0.122. The lowest BCUT2D eigenvalue weighted by atomic mass is 9.80. The predicted molar refractivity (Wildman–Crippen MR) is 146 cm³/mol. The summed E-state index contributed by atoms with van der Waals surface area (Å²) in [6.45, 7) is 6.39. The van der Waals surface area contributed by atoms with Crippen LogP contribution in [0.25, 0.3) is 0 Å². The minimum atomic E-state index is -4.55. The second-order valence-electron chi connectivity index (χ2n) is 11.0. The normalized spacial score (nSPS) is 25.3. The van der Waals surface area contributed by atoms with E-state index in [4.69, 9.17) is 25.8 Å². The molecule has 4 atom stereocenters. The quantitative estimate of drug-likeness (QED) is 0.402. The van der Waals surface area contributed by atoms with Gasteiger partial charge in [0.15, 0.2) is 6.73 Å². The lowest BCUT2D eigenvalue weighted by molar-refractivity contribution is -0.154. The highest BCUT2D eigenvalue weighted by Gasteiger charge is 2.38. The van der Waals surface area contributed by atoms with Crippen LogP contribution in [0.2, 0.25) is 5.02 Å². The summed E-state index contributed by atoms with van der Waals surface area (Å²) in [5.41, 5.74) is 1.06. The van der Waals surface area contributed by atoms with Gasteiger partial charge < -0.3 is 19.1 Å². The number of benzene rings is 2. The third-order valence-electron chi connectivity index (χ3n) is 8.29. The molecule has 5 rings (SSSR count). The van der Waals surface area contributed by atoms with Crippen LogP contribution in [0, 0.1) is 5.92 Å². The molecule has 2 fully saturated rings. The zero-order valence-corrected chi connectivity index (χ0v) is 23.8. The Hall–Kier alpha value is -2.82. The van der Waals surface area contributed by atoms with Crippen molar-refractivity contribution in [1.29, 1.82) is 0 Å². The van der Waals surface area contributed by atoms with Crippen molar-refractivity contribution < 1.29 is 37.0 Å². The van der Waals surface area contributed by atoms with Gasteiger partial charge in [0, 0.05) is 18.2 Å². The Labute approximate surface area is 242 Å². The zero-order valence-electron chi connectivity index (χ0n) is 23.1. The summed E-state index contributed by atoms with van der Waals surface area (Å²) in [4.78, 5) is 29.2. The van der Waals surface area contributed by atoms with Crippen LogP contribution in [0.3, 0.4) is 0 Å². The summed E-state index contributed by atoms with van der Waals surface area (Å²) in [7, 11) is 0. The topological polar surface area (TPSA) is 68.3 Å². The van der Waals surface area contributed by atoms with Gasteiger partial charge in [0.25, 0.3) is 5.91 Å². The number of piperidine rings is 1. The number of carbonyl (C=O) groups is 2. The Balaban J connectivity index is 1.15. The molecular formula is C30H34ClF3N2O5. The van der Waals surface area contributed by atoms with Crippen molar-refractivity contribution in [3.63, 3.8) is 0 Å². The third kappa shape index (κ3) is 6.49. The van der Waals surface area contributed by atoms with Crippen LogP contribution in [0.4, 0.5) is 13.2 Å². The van der Waals surface area contributed by atoms with Gasteiger partial charge in [-0.15, -0.1) is 0 Å². The molecule has 2 aromatic carbocycles. The number of alkyl halides is 3. The van der Waals surface area contributed by atoms with Crippen molar-refractivity contribution in [2.24, 2.45) is 5.92 Å². The van der Waals surface area contributed by atoms with E-state index in [9.17, 15) is 22.8 Å². The number of esters is 1. The van der Waals surface area contributed by atoms with Crippen LogP contribution in [-0.4, -0.2) is 66.9 Å². The van der Waals surface area contributed by atoms with E-state index in [1.807, 2.05) is 12.1 Å². The number of rotatable bonds is 5. The number of ether oxygens (including phenoxy) is 3. The first-order valence-corrected chi connectivity index (χ1v) is 14.4. The number of hydrogen-bond donors (Lipinski definition) is 0. The first kappa shape index (κ1) is 29.7. The van der Waals surface area contributed by atoms with Gasteiger partial charge in [0.2, 0.25) is 0 Å². The lowest BCUT2D eigenvalue weighted by Crippen LogP contribution is -2.52. The molecule has 2 aromatic rings. The van der Waals surface area contributed by atoms with E-state index < -0.39 is 17.8 Å². The van der Waals surface area contributed by atoms with Crippen molar-refractivity contribution in [3.8, 4) is 5.75 Å². The molecule has 41 heavy (non-hydrogen) atoms. The minimum Gasteiger partial charge on any atom is -0.471 e. The maximum Gasteiger partial charge on any atom is 0.416 e. The van der Waals surface area contributed by atoms with Crippen molar-refractivity contribution in [1.82, 2.24) is 9.80 Å². The molecule has 0 spiro atoms. The van der Waals surface area contributed by atoms with Gasteiger partial charge in [0.1, 0.15) is 11.9 Å². The Morgan fingerprint density at radius 3 is 2.63 bits per heavy atom. The van der Waals surface area contributed by atoms with Crippen molar-refractivity contribution >= 4 is 23.5 Å². The van der Waals surface area contributed by atoms with Crippen LogP contribution >= 0.6 is 11.6 Å². The number of nitrogens with zero attached hydrogens (tertiary/aromatic N) is 2. The number of amides is 1. The highest BCUT2D eigenvalue weighted by Crippen LogP contribution is 2.40. The number of likely N-dealkylation sites (tertiary alicyclic amines) is 1. The van der Waals surface area contributed by atoms with E-state index in [2.05, 4.69) is 17.9 Å². The van der Waals surface area contributed by atoms with Crippen molar-refractivity contribution in [3.05, 3.63) is 63.7 Å². The molecule has 3 heterocycles. The maximum absolute atomic E-state index is 13.3. The standard InChI is InChI=1S/C30H34ClF3N2O5/c1-3-39-29(38)20-6-4-5-19(11-20)24-9-10-35(14-18(24)2)23-7-8-26(40-16-23)28(37)36-15-21-12-22(30(32,33)34)13-25(31)27(21)41-17-36/h4-6,11-13,18,23-24,26H,3,7-10,14-17H2,1-2H3/t18-,23+,24-,26+/m0/s1. The van der Waals surface area contributed by atoms with E-state index >= 15 is 0 Å². The SMILES string of the molecule is CCOC(=O)c1cccc([C@H]2CCN([C@@H]3CC[C@H](C(=O)N4COc5c(Cl)cc(C(F)(F)F)cc5C4)OC3)C[C@@H]2C)c1. The van der Waals surface area contributed by atoms with Crippen LogP contribution in [0.15, 0.2) is 36.4 Å². The molecular weight excluding hydrogens is 561 g/mol. The molecule has 11 heteroatoms. The van der Waals surface area contributed by atoms with Gasteiger partial charge >= 0.3 is 12.1 Å². The first-order chi connectivity index (χ1) is 19.5. The average Bonchev–Trinajstić information content (AvgIpc) is 2.96. The fraction of sp³-hybridized carbons (Fsp3) is 0.533. The second kappa shape index (κ2) is 12.2. The van der Waals surface area contributed by atoms with Gasteiger partial charge in [-0.3, -0.25) is 9.69 Å². The third-order valence-corrected chi connectivity index (χ3v) is 8.57. The number of halogens is 4. The highest BCUT2D eigenvalue weighted by molar-refractivity contribution is 6.32. The monoisotopic (exact) mass is 594 g/mol. The van der Waals surface area contributed by atoms with E-state index in [-0.39, 0.29) is 47.5 Å². The van der Waals surface area contributed by atoms with Crippen LogP contribution in [0.5, 0.6) is 5.75 Å². The molecule has 0 saturated carbocycles. The van der Waals surface area contributed by atoms with E-state index in [0.29, 0.717) is 37.0 Å². The molecule has 0 unspecified atom stereocenters. The van der Waals surface area contributed by atoms with Crippen LogP contribution in [-0.2, 0) is 27.0 Å². The van der Waals surface area contributed by atoms with E-state index in [0.717, 1.165) is 43.6 Å². The second-order valence-corrected chi connectivity index (χ2v) is 11.4. The lowest BCUT2D eigenvalue weighted by Gasteiger charge is -2.44. The Morgan fingerprint density at radius 2 is 1.95 bits per heavy atom. The van der Waals surface area contributed by atoms with Gasteiger partial charge in [-0.2, -0.15) is 13.2 Å². The molecule has 3 aliphatic heterocycles. The Bertz CT molecular complexity index is 1280. The highest BCUT2D eigenvalue weighted by atomic mass is 35.5. The maximum atomic E-state index is 13.3. The van der Waals surface area contributed by atoms with Gasteiger partial charge in [-0.25, -0.2) is 4.79 Å². The van der Waals surface area contributed by atoms with Crippen molar-refractivity contribution in [2.75, 3.05) is 33.0 Å². The van der Waals surface area contributed by atoms with Crippen LogP contribution < -0.4 is 4.74 Å². The van der Waals surface area contributed by atoms with Gasteiger partial charge in [-0.05, 0) is 74.4 Å². The first-order valence-electron chi connectivity index (χ1n) is 14.0. The molecule has 0 bridgehead atoms. The van der Waals surface area contributed by atoms with Gasteiger partial charge in [0.05, 0.1) is 35.9 Å². The molecule has 1 amide bonds. The molecule has 2 saturated heterocycles. The fourth-order valence-electron chi connectivity index (χ4n) is 6.17. The van der Waals surface area contributed by atoms with E-state index in [1.165, 1.54) is 4.90 Å². The number of carbonyl (C=O) groups excluding carboxylic acids is 2. The molecule has 3 aliphatic rings. The predicted octanol–water partition coefficient (Wildman–Crippen LogP) is 5.89. The summed E-state index contributed by atoms with van der Waals surface area (Å²) < 4.78 is 56.5. The van der Waals surface area contributed by atoms with Crippen molar-refractivity contribution in [2.45, 2.75) is 63.9 Å². The summed E-state index contributed by atoms with van der Waals surface area (Å²) in [6, 6.07) is 9.70. The van der Waals surface area contributed by atoms with Crippen LogP contribution in [0.1, 0.15) is 66.1 Å². The Kier molecular flexibility index (Phi) is 8.82. The smallest absolute Gasteiger partial charge is 0.416 e. The molecule has 7 nitrogen and oxygen atoms in total. The molecule has 222 valence electrons. The summed E-state index contributed by atoms with van der Waals surface area (Å²) in [6.07, 6.45) is -2.98.